The highest BCUT2D eigenvalue weighted by Crippen LogP contribution is 2.36. The quantitative estimate of drug-likeness (QED) is 0.650. The van der Waals surface area contributed by atoms with Crippen LogP contribution in [0.15, 0.2) is 41.3 Å². The lowest BCUT2D eigenvalue weighted by atomic mass is 9.96. The highest BCUT2D eigenvalue weighted by molar-refractivity contribution is 7.73. The van der Waals surface area contributed by atoms with E-state index in [4.69, 9.17) is 21.1 Å². The third-order valence-corrected chi connectivity index (χ3v) is 4.81. The van der Waals surface area contributed by atoms with Crippen LogP contribution in [0.5, 0.6) is 0 Å². The van der Waals surface area contributed by atoms with Gasteiger partial charge in [0.25, 0.3) is 0 Å². The summed E-state index contributed by atoms with van der Waals surface area (Å²) < 4.78 is 38.7. The van der Waals surface area contributed by atoms with Crippen LogP contribution in [-0.4, -0.2) is 12.6 Å². The van der Waals surface area contributed by atoms with Crippen molar-refractivity contribution in [3.05, 3.63) is 63.9 Å². The number of rotatable bonds is 3. The molecule has 4 nitrogen and oxygen atoms in total. The predicted molar refractivity (Wildman–Crippen MR) is 89.4 cm³/mol. The van der Waals surface area contributed by atoms with Gasteiger partial charge in [0.2, 0.25) is 0 Å². The van der Waals surface area contributed by atoms with Crippen LogP contribution in [0.3, 0.4) is 0 Å². The van der Waals surface area contributed by atoms with E-state index in [9.17, 15) is 13.4 Å². The number of aryl methyl sites for hydroxylation is 1. The third kappa shape index (κ3) is 2.83. The zero-order chi connectivity index (χ0) is 17.4. The van der Waals surface area contributed by atoms with Crippen molar-refractivity contribution in [1.82, 2.24) is 0 Å². The fourth-order valence-corrected chi connectivity index (χ4v) is 3.44. The molecule has 1 N–H and O–H groups in total. The third-order valence-electron chi connectivity index (χ3n) is 3.79. The van der Waals surface area contributed by atoms with Crippen LogP contribution < -0.4 is 0 Å². The maximum Gasteiger partial charge on any atom is 0.339 e. The molecule has 0 aliphatic carbocycles. The number of carbonyl (C=O) groups is 1. The molecule has 7 heteroatoms. The zero-order valence-corrected chi connectivity index (χ0v) is 14.1. The van der Waals surface area contributed by atoms with Crippen molar-refractivity contribution in [2.45, 2.75) is 11.8 Å². The van der Waals surface area contributed by atoms with Crippen LogP contribution in [-0.2, 0) is 24.3 Å². The Bertz CT molecular complexity index is 941. The van der Waals surface area contributed by atoms with E-state index in [0.717, 1.165) is 0 Å². The largest absolute Gasteiger partial charge is 0.457 e. The molecule has 0 aromatic heterocycles. The van der Waals surface area contributed by atoms with Gasteiger partial charge in [-0.1, -0.05) is 40.8 Å². The number of carbonyl (C=O) groups excluding carboxylic acids is 1. The van der Waals surface area contributed by atoms with Crippen molar-refractivity contribution in [3.8, 4) is 0 Å². The van der Waals surface area contributed by atoms with Gasteiger partial charge >= 0.3 is 5.97 Å². The molecule has 0 saturated heterocycles. The summed E-state index contributed by atoms with van der Waals surface area (Å²) in [5, 5.41) is 0.515. The maximum absolute atomic E-state index is 14.4. The predicted octanol–water partition coefficient (Wildman–Crippen LogP) is 4.34. The van der Waals surface area contributed by atoms with Gasteiger partial charge in [0, 0.05) is 10.6 Å². The van der Waals surface area contributed by atoms with Crippen LogP contribution >= 0.6 is 11.6 Å². The van der Waals surface area contributed by atoms with Crippen molar-refractivity contribution >= 4 is 39.3 Å². The summed E-state index contributed by atoms with van der Waals surface area (Å²) in [5.41, 5.74) is 1.79. The minimum absolute atomic E-state index is 0.0660. The summed E-state index contributed by atoms with van der Waals surface area (Å²) in [6, 6.07) is 9.67. The van der Waals surface area contributed by atoms with Gasteiger partial charge in [-0.2, -0.15) is 10.6 Å². The molecule has 0 radical (unpaired) electrons. The molecule has 1 heterocycles. The summed E-state index contributed by atoms with van der Waals surface area (Å²) in [5.74, 6) is -1.25. The minimum Gasteiger partial charge on any atom is -0.457 e. The van der Waals surface area contributed by atoms with E-state index in [1.165, 1.54) is 13.0 Å². The lowest BCUT2D eigenvalue weighted by molar-refractivity contribution is -0.133. The molecule has 24 heavy (non-hydrogen) atoms. The van der Waals surface area contributed by atoms with Gasteiger partial charge in [0.05, 0.1) is 5.57 Å². The van der Waals surface area contributed by atoms with E-state index in [2.05, 4.69) is 0 Å². The molecule has 1 aliphatic heterocycles. The molecule has 124 valence electrons. The highest BCUT2D eigenvalue weighted by atomic mass is 35.5. The Morgan fingerprint density at radius 3 is 2.50 bits per heavy atom. The van der Waals surface area contributed by atoms with Crippen molar-refractivity contribution in [2.75, 3.05) is 6.61 Å². The molecule has 0 saturated carbocycles. The van der Waals surface area contributed by atoms with Crippen LogP contribution in [0, 0.1) is 17.5 Å². The van der Waals surface area contributed by atoms with Gasteiger partial charge in [-0.3, -0.25) is 0 Å². The van der Waals surface area contributed by atoms with E-state index in [0.29, 0.717) is 16.2 Å². The number of halogens is 2. The van der Waals surface area contributed by atoms with Gasteiger partial charge in [-0.25, -0.2) is 9.18 Å². The van der Waals surface area contributed by atoms with Crippen LogP contribution in [0.1, 0.15) is 16.7 Å². The standard InChI is InChI=1S/C17H12ClFNO3S/c1-9-2-7-12(16(15(9)19)24(20)22)13-8-23-17(21)14(13)10-3-5-11(18)6-4-10/h2-7,20H,8H2,1H3/q-1. The van der Waals surface area contributed by atoms with Gasteiger partial charge in [-0.05, 0) is 35.7 Å². The highest BCUT2D eigenvalue weighted by Gasteiger charge is 2.28. The lowest BCUT2D eigenvalue weighted by Crippen LogP contribution is -2.00. The molecule has 0 atom stereocenters. The van der Waals surface area contributed by atoms with Crippen molar-refractivity contribution in [1.29, 1.82) is 4.78 Å². The summed E-state index contributed by atoms with van der Waals surface area (Å²) in [7, 11) is -2.29. The average Bonchev–Trinajstić information content (AvgIpc) is 2.92. The second-order valence-electron chi connectivity index (χ2n) is 5.28. The fraction of sp³-hybridized carbons (Fsp3) is 0.118. The molecule has 0 unspecified atom stereocenters. The lowest BCUT2D eigenvalue weighted by Gasteiger charge is -2.15. The molecule has 0 fully saturated rings. The molecular formula is C17H12ClFNO3S-. The SMILES string of the molecule is Cc1ccc(C2=C(c3ccc(Cl)cc3)C(=O)OC2)c([S-](=N)=O)c1F. The molecule has 0 bridgehead atoms. The number of benzene rings is 2. The summed E-state index contributed by atoms with van der Waals surface area (Å²) >= 11 is 5.87. The first-order valence-electron chi connectivity index (χ1n) is 6.99. The average molecular weight is 365 g/mol. The molecule has 1 aliphatic rings. The first kappa shape index (κ1) is 16.7. The van der Waals surface area contributed by atoms with Crippen LogP contribution in [0.2, 0.25) is 5.02 Å². The van der Waals surface area contributed by atoms with E-state index in [1.54, 1.807) is 30.3 Å². The Hall–Kier alpha value is -2.18. The van der Waals surface area contributed by atoms with Gasteiger partial charge in [0.1, 0.15) is 12.4 Å². The minimum atomic E-state index is -2.29. The van der Waals surface area contributed by atoms with Crippen LogP contribution in [0.25, 0.3) is 11.1 Å². The molecule has 2 aromatic carbocycles. The summed E-state index contributed by atoms with van der Waals surface area (Å²) in [4.78, 5) is 11.9. The topological polar surface area (TPSA) is 67.2 Å². The number of hydrogen-bond donors (Lipinski definition) is 1. The zero-order valence-electron chi connectivity index (χ0n) is 12.6. The molecule has 0 amide bonds. The Morgan fingerprint density at radius 2 is 1.88 bits per heavy atom. The maximum atomic E-state index is 14.4. The van der Waals surface area contributed by atoms with Gasteiger partial charge in [-0.15, -0.1) is 0 Å². The molecule has 2 aromatic rings. The number of nitrogens with one attached hydrogen (secondary N) is 1. The first-order chi connectivity index (χ1) is 11.4. The van der Waals surface area contributed by atoms with Gasteiger partial charge in [0.15, 0.2) is 0 Å². The second kappa shape index (κ2) is 6.37. The smallest absolute Gasteiger partial charge is 0.339 e. The monoisotopic (exact) mass is 364 g/mol. The molecule has 0 spiro atoms. The van der Waals surface area contributed by atoms with Crippen molar-refractivity contribution in [3.63, 3.8) is 0 Å². The number of hydrogen-bond acceptors (Lipinski definition) is 5. The molecule has 3 rings (SSSR count). The summed E-state index contributed by atoms with van der Waals surface area (Å²) in [6.45, 7) is 1.46. The number of esters is 1. The van der Waals surface area contributed by atoms with E-state index < -0.39 is 22.4 Å². The van der Waals surface area contributed by atoms with E-state index in [-0.39, 0.29) is 28.2 Å². The van der Waals surface area contributed by atoms with E-state index >= 15 is 0 Å². The second-order valence-corrected chi connectivity index (χ2v) is 6.66. The van der Waals surface area contributed by atoms with E-state index in [1.807, 2.05) is 0 Å². The Morgan fingerprint density at radius 1 is 1.21 bits per heavy atom. The summed E-state index contributed by atoms with van der Waals surface area (Å²) in [6.07, 6.45) is 0. The number of ether oxygens (including phenoxy) is 1. The van der Waals surface area contributed by atoms with Crippen molar-refractivity contribution in [2.24, 2.45) is 0 Å². The Kier molecular flexibility index (Phi) is 4.43. The Balaban J connectivity index is 2.29. The first-order valence-corrected chi connectivity index (χ1v) is 8.51. The van der Waals surface area contributed by atoms with Gasteiger partial charge < -0.3 is 13.7 Å². The fourth-order valence-electron chi connectivity index (χ4n) is 2.60. The Labute approximate surface area is 144 Å². The molecular weight excluding hydrogens is 353 g/mol. The number of cyclic esters (lactones) is 1. The van der Waals surface area contributed by atoms with Crippen LogP contribution in [0.4, 0.5) is 4.39 Å². The van der Waals surface area contributed by atoms with Crippen molar-refractivity contribution < 1.29 is 18.1 Å². The normalized spacial score (nSPS) is 14.4.